The smallest absolute Gasteiger partial charge is 0.372 e. The molecule has 9 heteroatoms. The lowest BCUT2D eigenvalue weighted by Crippen LogP contribution is -2.30. The summed E-state index contributed by atoms with van der Waals surface area (Å²) in [5.41, 5.74) is 6.66. The molecule has 0 atom stereocenters. The second-order valence-electron chi connectivity index (χ2n) is 7.41. The zero-order chi connectivity index (χ0) is 23.1. The van der Waals surface area contributed by atoms with Crippen LogP contribution in [0, 0.1) is 5.41 Å². The van der Waals surface area contributed by atoms with E-state index in [4.69, 9.17) is 25.7 Å². The van der Waals surface area contributed by atoms with Crippen molar-refractivity contribution in [1.82, 2.24) is 5.32 Å². The highest BCUT2D eigenvalue weighted by Gasteiger charge is 2.22. The van der Waals surface area contributed by atoms with E-state index in [-0.39, 0.29) is 43.2 Å². The normalized spacial score (nSPS) is 13.0. The molecule has 0 radical (unpaired) electrons. The molecule has 5 N–H and O–H groups in total. The SMILES string of the molecule is N=C(N)c1ccc(CC(=O)C(=O)O)c(OCCNC(=O)c2ccccc2OC2CCC2)c1. The maximum atomic E-state index is 12.6. The fourth-order valence-corrected chi connectivity index (χ4v) is 3.10. The van der Waals surface area contributed by atoms with E-state index in [0.717, 1.165) is 19.3 Å². The maximum absolute atomic E-state index is 12.6. The molecular weight excluding hydrogens is 414 g/mol. The van der Waals surface area contributed by atoms with Crippen LogP contribution < -0.4 is 20.5 Å². The Balaban J connectivity index is 1.60. The van der Waals surface area contributed by atoms with Crippen molar-refractivity contribution in [3.63, 3.8) is 0 Å². The highest BCUT2D eigenvalue weighted by atomic mass is 16.5. The quantitative estimate of drug-likeness (QED) is 0.181. The van der Waals surface area contributed by atoms with Crippen LogP contribution in [0.1, 0.15) is 40.7 Å². The molecule has 1 fully saturated rings. The maximum Gasteiger partial charge on any atom is 0.372 e. The molecule has 0 bridgehead atoms. The number of nitrogens with one attached hydrogen (secondary N) is 2. The van der Waals surface area contributed by atoms with Gasteiger partial charge in [0.05, 0.1) is 18.2 Å². The summed E-state index contributed by atoms with van der Waals surface area (Å²) in [5.74, 6) is -2.25. The number of Topliss-reactive ketones (excluding diaryl/α,β-unsaturated/α-hetero) is 1. The van der Waals surface area contributed by atoms with Gasteiger partial charge in [0.2, 0.25) is 5.78 Å². The summed E-state index contributed by atoms with van der Waals surface area (Å²) in [6, 6.07) is 11.5. The Labute approximate surface area is 185 Å². The average Bonchev–Trinajstić information content (AvgIpc) is 2.74. The average molecular weight is 439 g/mol. The number of nitrogen functional groups attached to an aromatic ring is 1. The molecular formula is C23H25N3O6. The van der Waals surface area contributed by atoms with Gasteiger partial charge < -0.3 is 25.6 Å². The monoisotopic (exact) mass is 439 g/mol. The van der Waals surface area contributed by atoms with Crippen LogP contribution in [0.3, 0.4) is 0 Å². The minimum absolute atomic E-state index is 0.0625. The molecule has 0 spiro atoms. The Morgan fingerprint density at radius 1 is 1.12 bits per heavy atom. The van der Waals surface area contributed by atoms with E-state index in [1.165, 1.54) is 18.2 Å². The lowest BCUT2D eigenvalue weighted by molar-refractivity contribution is -0.148. The number of amides is 1. The number of carboxylic acid groups (broad SMARTS) is 1. The largest absolute Gasteiger partial charge is 0.491 e. The third-order valence-electron chi connectivity index (χ3n) is 5.09. The first-order chi connectivity index (χ1) is 15.3. The van der Waals surface area contributed by atoms with Gasteiger partial charge >= 0.3 is 5.97 Å². The number of carbonyl (C=O) groups excluding carboxylic acids is 2. The molecule has 2 aromatic carbocycles. The lowest BCUT2D eigenvalue weighted by Gasteiger charge is -2.27. The van der Waals surface area contributed by atoms with Crippen LogP contribution >= 0.6 is 0 Å². The fourth-order valence-electron chi connectivity index (χ4n) is 3.10. The number of rotatable bonds is 11. The van der Waals surface area contributed by atoms with Gasteiger partial charge in [-0.15, -0.1) is 0 Å². The van der Waals surface area contributed by atoms with Gasteiger partial charge in [-0.1, -0.05) is 24.3 Å². The van der Waals surface area contributed by atoms with Crippen molar-refractivity contribution in [3.05, 3.63) is 59.2 Å². The van der Waals surface area contributed by atoms with E-state index in [2.05, 4.69) is 5.32 Å². The number of ketones is 1. The molecule has 168 valence electrons. The van der Waals surface area contributed by atoms with Crippen molar-refractivity contribution >= 4 is 23.5 Å². The van der Waals surface area contributed by atoms with Crippen molar-refractivity contribution in [2.75, 3.05) is 13.2 Å². The fraction of sp³-hybridized carbons (Fsp3) is 0.304. The van der Waals surface area contributed by atoms with Gasteiger partial charge in [0.15, 0.2) is 0 Å². The van der Waals surface area contributed by atoms with E-state index < -0.39 is 11.8 Å². The van der Waals surface area contributed by atoms with E-state index in [1.54, 1.807) is 18.2 Å². The summed E-state index contributed by atoms with van der Waals surface area (Å²) in [5, 5.41) is 19.2. The summed E-state index contributed by atoms with van der Waals surface area (Å²) in [6.45, 7) is 0.222. The number of nitrogens with two attached hydrogens (primary N) is 1. The standard InChI is InChI=1S/C23H25N3O6/c24-21(25)15-9-8-14(12-18(27)23(29)30)20(13-15)31-11-10-26-22(28)17-6-1-2-7-19(17)32-16-4-3-5-16/h1-2,6-9,13,16H,3-5,10-12H2,(H3,24,25)(H,26,28)(H,29,30). The topological polar surface area (TPSA) is 152 Å². The molecule has 1 saturated carbocycles. The minimum Gasteiger partial charge on any atom is -0.491 e. The third-order valence-corrected chi connectivity index (χ3v) is 5.09. The van der Waals surface area contributed by atoms with Gasteiger partial charge in [0.1, 0.15) is 23.9 Å². The number of amidine groups is 1. The van der Waals surface area contributed by atoms with Crippen LogP contribution in [0.15, 0.2) is 42.5 Å². The van der Waals surface area contributed by atoms with E-state index >= 15 is 0 Å². The summed E-state index contributed by atoms with van der Waals surface area (Å²) in [6.07, 6.45) is 2.88. The van der Waals surface area contributed by atoms with Crippen molar-refractivity contribution in [1.29, 1.82) is 5.41 Å². The van der Waals surface area contributed by atoms with Crippen molar-refractivity contribution in [2.45, 2.75) is 31.8 Å². The Bertz CT molecular complexity index is 1030. The van der Waals surface area contributed by atoms with Crippen LogP contribution in [-0.2, 0) is 16.0 Å². The molecule has 1 aliphatic rings. The van der Waals surface area contributed by atoms with E-state index in [9.17, 15) is 14.4 Å². The molecule has 3 rings (SSSR count). The number of hydrogen-bond donors (Lipinski definition) is 4. The second kappa shape index (κ2) is 10.4. The van der Waals surface area contributed by atoms with Gasteiger partial charge in [-0.05, 0) is 37.5 Å². The van der Waals surface area contributed by atoms with Crippen LogP contribution in [0.5, 0.6) is 11.5 Å². The van der Waals surface area contributed by atoms with Gasteiger partial charge in [-0.3, -0.25) is 15.0 Å². The molecule has 0 heterocycles. The van der Waals surface area contributed by atoms with E-state index in [0.29, 0.717) is 22.4 Å². The van der Waals surface area contributed by atoms with Gasteiger partial charge in [-0.2, -0.15) is 0 Å². The second-order valence-corrected chi connectivity index (χ2v) is 7.41. The van der Waals surface area contributed by atoms with Crippen LogP contribution in [0.4, 0.5) is 0 Å². The molecule has 9 nitrogen and oxygen atoms in total. The number of ether oxygens (including phenoxy) is 2. The molecule has 0 aromatic heterocycles. The lowest BCUT2D eigenvalue weighted by atomic mass is 9.96. The van der Waals surface area contributed by atoms with Crippen molar-refractivity contribution < 1.29 is 29.0 Å². The zero-order valence-electron chi connectivity index (χ0n) is 17.4. The summed E-state index contributed by atoms with van der Waals surface area (Å²) in [7, 11) is 0. The van der Waals surface area contributed by atoms with Crippen molar-refractivity contribution in [2.24, 2.45) is 5.73 Å². The van der Waals surface area contributed by atoms with Gasteiger partial charge in [0.25, 0.3) is 5.91 Å². The summed E-state index contributed by atoms with van der Waals surface area (Å²) in [4.78, 5) is 35.1. The Kier molecular flexibility index (Phi) is 7.43. The Morgan fingerprint density at radius 3 is 2.53 bits per heavy atom. The van der Waals surface area contributed by atoms with Crippen LogP contribution in [0.2, 0.25) is 0 Å². The first-order valence-corrected chi connectivity index (χ1v) is 10.2. The molecule has 0 aliphatic heterocycles. The highest BCUT2D eigenvalue weighted by Crippen LogP contribution is 2.27. The summed E-state index contributed by atoms with van der Waals surface area (Å²) >= 11 is 0. The van der Waals surface area contributed by atoms with Crippen molar-refractivity contribution in [3.8, 4) is 11.5 Å². The molecule has 2 aromatic rings. The van der Waals surface area contributed by atoms with Crippen LogP contribution in [-0.4, -0.2) is 47.9 Å². The van der Waals surface area contributed by atoms with E-state index in [1.807, 2.05) is 6.07 Å². The molecule has 0 unspecified atom stereocenters. The third kappa shape index (κ3) is 5.84. The number of benzene rings is 2. The number of aliphatic carboxylic acids is 1. The number of hydrogen-bond acceptors (Lipinski definition) is 6. The first-order valence-electron chi connectivity index (χ1n) is 10.2. The summed E-state index contributed by atoms with van der Waals surface area (Å²) < 4.78 is 11.6. The van der Waals surface area contributed by atoms with Gasteiger partial charge in [0, 0.05) is 17.5 Å². The highest BCUT2D eigenvalue weighted by molar-refractivity contribution is 6.33. The minimum atomic E-state index is -1.54. The van der Waals surface area contributed by atoms with Crippen LogP contribution in [0.25, 0.3) is 0 Å². The predicted molar refractivity (Wildman–Crippen MR) is 116 cm³/mol. The Morgan fingerprint density at radius 2 is 1.88 bits per heavy atom. The molecule has 32 heavy (non-hydrogen) atoms. The zero-order valence-corrected chi connectivity index (χ0v) is 17.4. The molecule has 1 aliphatic carbocycles. The predicted octanol–water partition coefficient (Wildman–Crippen LogP) is 1.91. The number of carboxylic acids is 1. The first kappa shape index (κ1) is 22.8. The molecule has 0 saturated heterocycles. The molecule has 1 amide bonds. The number of para-hydroxylation sites is 1. The number of carbonyl (C=O) groups is 3. The Hall–Kier alpha value is -3.88. The van der Waals surface area contributed by atoms with Gasteiger partial charge in [-0.25, -0.2) is 4.79 Å².